The van der Waals surface area contributed by atoms with Crippen molar-refractivity contribution in [2.75, 3.05) is 27.3 Å². The van der Waals surface area contributed by atoms with E-state index in [1.54, 1.807) is 50.4 Å². The second-order valence-electron chi connectivity index (χ2n) is 9.58. The molecule has 4 heterocycles. The van der Waals surface area contributed by atoms with Crippen molar-refractivity contribution in [1.82, 2.24) is 30.1 Å². The standard InChI is InChI=1S/C27H26N6O5/c1-32-30-25(29-31-32)16-4-7-23-19(12-16)22(34)15-27(38-23)8-10-33(11-9-27)26(35)21-14-24(37-3)18-13-17(36-2)5-6-20(18)28-21/h4-7,12-14H,8-11,15H2,1-3H3. The first-order valence-electron chi connectivity index (χ1n) is 12.3. The highest BCUT2D eigenvalue weighted by molar-refractivity contribution is 6.01. The van der Waals surface area contributed by atoms with Gasteiger partial charge in [0.05, 0.1) is 38.8 Å². The molecule has 2 aliphatic rings. The number of nitrogens with zero attached hydrogens (tertiary/aromatic N) is 6. The van der Waals surface area contributed by atoms with E-state index in [1.165, 1.54) is 4.80 Å². The Morgan fingerprint density at radius 2 is 1.87 bits per heavy atom. The number of pyridine rings is 1. The molecule has 0 N–H and O–H groups in total. The molecule has 11 heteroatoms. The van der Waals surface area contributed by atoms with Crippen LogP contribution in [0, 0.1) is 0 Å². The molecule has 38 heavy (non-hydrogen) atoms. The maximum atomic E-state index is 13.4. The highest BCUT2D eigenvalue weighted by Gasteiger charge is 2.44. The molecular weight excluding hydrogens is 488 g/mol. The van der Waals surface area contributed by atoms with Crippen LogP contribution in [0.25, 0.3) is 22.3 Å². The van der Waals surface area contributed by atoms with Crippen LogP contribution in [0.3, 0.4) is 0 Å². The van der Waals surface area contributed by atoms with Gasteiger partial charge in [-0.15, -0.1) is 10.2 Å². The summed E-state index contributed by atoms with van der Waals surface area (Å²) in [6, 6.07) is 12.5. The monoisotopic (exact) mass is 514 g/mol. The SMILES string of the molecule is COc1ccc2nc(C(=O)N3CCC4(CC3)CC(=O)c3cc(-c5nnn(C)n5)ccc3O4)cc(OC)c2c1. The number of hydrogen-bond acceptors (Lipinski definition) is 9. The lowest BCUT2D eigenvalue weighted by atomic mass is 9.82. The van der Waals surface area contributed by atoms with E-state index < -0.39 is 5.60 Å². The molecule has 0 unspecified atom stereocenters. The van der Waals surface area contributed by atoms with Gasteiger partial charge in [-0.05, 0) is 41.6 Å². The zero-order chi connectivity index (χ0) is 26.4. The summed E-state index contributed by atoms with van der Waals surface area (Å²) in [5.74, 6) is 2.06. The van der Waals surface area contributed by atoms with E-state index in [0.717, 1.165) is 5.39 Å². The molecule has 0 saturated carbocycles. The molecule has 1 fully saturated rings. The number of rotatable bonds is 4. The van der Waals surface area contributed by atoms with E-state index in [2.05, 4.69) is 20.4 Å². The smallest absolute Gasteiger partial charge is 0.272 e. The number of ether oxygens (including phenoxy) is 3. The van der Waals surface area contributed by atoms with Gasteiger partial charge in [0.15, 0.2) is 5.78 Å². The molecule has 2 aromatic carbocycles. The number of carbonyl (C=O) groups is 2. The minimum Gasteiger partial charge on any atom is -0.497 e. The van der Waals surface area contributed by atoms with Gasteiger partial charge in [0.25, 0.3) is 5.91 Å². The predicted molar refractivity (Wildman–Crippen MR) is 137 cm³/mol. The first-order chi connectivity index (χ1) is 18.4. The van der Waals surface area contributed by atoms with Crippen molar-refractivity contribution in [2.24, 2.45) is 7.05 Å². The van der Waals surface area contributed by atoms with Gasteiger partial charge in [0, 0.05) is 42.9 Å². The van der Waals surface area contributed by atoms with E-state index in [4.69, 9.17) is 14.2 Å². The van der Waals surface area contributed by atoms with Crippen LogP contribution in [0.5, 0.6) is 17.2 Å². The topological polar surface area (TPSA) is 122 Å². The van der Waals surface area contributed by atoms with Gasteiger partial charge >= 0.3 is 0 Å². The Morgan fingerprint density at radius 3 is 2.58 bits per heavy atom. The number of Topliss-reactive ketones (excluding diaryl/α,β-unsaturated/α-hetero) is 1. The fourth-order valence-corrected chi connectivity index (χ4v) is 5.17. The fraction of sp³-hybridized carbons (Fsp3) is 0.333. The average Bonchev–Trinajstić information content (AvgIpc) is 3.38. The normalized spacial score (nSPS) is 16.3. The van der Waals surface area contributed by atoms with Crippen LogP contribution in [0.4, 0.5) is 0 Å². The van der Waals surface area contributed by atoms with Crippen LogP contribution >= 0.6 is 0 Å². The number of methoxy groups -OCH3 is 2. The molecule has 194 valence electrons. The van der Waals surface area contributed by atoms with Crippen LogP contribution in [0.2, 0.25) is 0 Å². The first-order valence-corrected chi connectivity index (χ1v) is 12.3. The summed E-state index contributed by atoms with van der Waals surface area (Å²) in [5.41, 5.74) is 1.55. The second kappa shape index (κ2) is 9.09. The fourth-order valence-electron chi connectivity index (χ4n) is 5.17. The van der Waals surface area contributed by atoms with Gasteiger partial charge in [-0.25, -0.2) is 4.98 Å². The van der Waals surface area contributed by atoms with Crippen LogP contribution < -0.4 is 14.2 Å². The number of likely N-dealkylation sites (tertiary alicyclic amines) is 1. The van der Waals surface area contributed by atoms with Gasteiger partial charge in [-0.1, -0.05) is 0 Å². The van der Waals surface area contributed by atoms with Crippen LogP contribution in [-0.4, -0.2) is 74.7 Å². The molecule has 1 spiro atoms. The summed E-state index contributed by atoms with van der Waals surface area (Å²) < 4.78 is 17.3. The highest BCUT2D eigenvalue weighted by Crippen LogP contribution is 2.41. The number of ketones is 1. The van der Waals surface area contributed by atoms with Gasteiger partial charge < -0.3 is 19.1 Å². The molecule has 1 amide bonds. The molecule has 1 saturated heterocycles. The van der Waals surface area contributed by atoms with Crippen molar-refractivity contribution in [1.29, 1.82) is 0 Å². The molecular formula is C27H26N6O5. The number of aryl methyl sites for hydroxylation is 1. The molecule has 0 bridgehead atoms. The minimum atomic E-state index is -0.641. The molecule has 2 aromatic heterocycles. The molecule has 2 aliphatic heterocycles. The third-order valence-corrected chi connectivity index (χ3v) is 7.23. The summed E-state index contributed by atoms with van der Waals surface area (Å²) in [6.07, 6.45) is 1.34. The van der Waals surface area contributed by atoms with E-state index in [1.807, 2.05) is 18.2 Å². The van der Waals surface area contributed by atoms with Crippen LogP contribution in [0.1, 0.15) is 40.1 Å². The summed E-state index contributed by atoms with van der Waals surface area (Å²) in [5, 5.41) is 12.9. The van der Waals surface area contributed by atoms with Crippen molar-refractivity contribution in [2.45, 2.75) is 24.9 Å². The molecule has 0 atom stereocenters. The third-order valence-electron chi connectivity index (χ3n) is 7.23. The molecule has 11 nitrogen and oxygen atoms in total. The number of hydrogen-bond donors (Lipinski definition) is 0. The molecule has 0 radical (unpaired) electrons. The first kappa shape index (κ1) is 23.8. The number of fused-ring (bicyclic) bond motifs is 2. The van der Waals surface area contributed by atoms with Crippen molar-refractivity contribution in [3.05, 3.63) is 53.7 Å². The van der Waals surface area contributed by atoms with E-state index in [9.17, 15) is 9.59 Å². The molecule has 4 aromatic rings. The van der Waals surface area contributed by atoms with Crippen molar-refractivity contribution >= 4 is 22.6 Å². The van der Waals surface area contributed by atoms with E-state index in [0.29, 0.717) is 71.3 Å². The maximum absolute atomic E-state index is 13.4. The second-order valence-corrected chi connectivity index (χ2v) is 9.58. The van der Waals surface area contributed by atoms with E-state index >= 15 is 0 Å². The van der Waals surface area contributed by atoms with Gasteiger partial charge in [0.1, 0.15) is 28.5 Å². The number of carbonyl (C=O) groups excluding carboxylic acids is 2. The number of aromatic nitrogens is 5. The quantitative estimate of drug-likeness (QED) is 0.404. The molecule has 6 rings (SSSR count). The number of benzene rings is 2. The summed E-state index contributed by atoms with van der Waals surface area (Å²) >= 11 is 0. The van der Waals surface area contributed by atoms with Crippen LogP contribution in [0.15, 0.2) is 42.5 Å². The Labute approximate surface area is 218 Å². The minimum absolute atomic E-state index is 0.00753. The Morgan fingerprint density at radius 1 is 1.05 bits per heavy atom. The lowest BCUT2D eigenvalue weighted by molar-refractivity contribution is -0.00583. The Hall–Kier alpha value is -4.54. The van der Waals surface area contributed by atoms with Gasteiger partial charge in [0.2, 0.25) is 5.82 Å². The Kier molecular flexibility index (Phi) is 5.70. The van der Waals surface area contributed by atoms with E-state index in [-0.39, 0.29) is 18.1 Å². The number of tetrazole rings is 1. The lowest BCUT2D eigenvalue weighted by Crippen LogP contribution is -2.52. The maximum Gasteiger partial charge on any atom is 0.272 e. The summed E-state index contributed by atoms with van der Waals surface area (Å²) in [6.45, 7) is 0.904. The van der Waals surface area contributed by atoms with Crippen molar-refractivity contribution < 1.29 is 23.8 Å². The predicted octanol–water partition coefficient (Wildman–Crippen LogP) is 3.08. The summed E-state index contributed by atoms with van der Waals surface area (Å²) in [4.78, 5) is 34.3. The van der Waals surface area contributed by atoms with Gasteiger partial charge in [-0.3, -0.25) is 9.59 Å². The zero-order valence-electron chi connectivity index (χ0n) is 21.3. The zero-order valence-corrected chi connectivity index (χ0v) is 21.3. The number of piperidine rings is 1. The van der Waals surface area contributed by atoms with Crippen molar-refractivity contribution in [3.8, 4) is 28.6 Å². The Bertz CT molecular complexity index is 1570. The number of amides is 1. The highest BCUT2D eigenvalue weighted by atomic mass is 16.5. The molecule has 0 aliphatic carbocycles. The largest absolute Gasteiger partial charge is 0.497 e. The lowest BCUT2D eigenvalue weighted by Gasteiger charge is -2.43. The van der Waals surface area contributed by atoms with Crippen molar-refractivity contribution in [3.63, 3.8) is 0 Å². The van der Waals surface area contributed by atoms with Gasteiger partial charge in [-0.2, -0.15) is 4.80 Å². The Balaban J connectivity index is 1.19. The third kappa shape index (κ3) is 4.09. The van der Waals surface area contributed by atoms with Crippen LogP contribution in [-0.2, 0) is 7.05 Å². The average molecular weight is 515 g/mol. The summed E-state index contributed by atoms with van der Waals surface area (Å²) in [7, 11) is 4.85.